The molecule has 0 aliphatic heterocycles. The summed E-state index contributed by atoms with van der Waals surface area (Å²) in [6, 6.07) is 6.17. The lowest BCUT2D eigenvalue weighted by Crippen LogP contribution is -2.34. The minimum Gasteiger partial charge on any atom is -0.309 e. The fourth-order valence-electron chi connectivity index (χ4n) is 2.47. The van der Waals surface area contributed by atoms with Crippen molar-refractivity contribution in [2.75, 3.05) is 5.32 Å². The van der Waals surface area contributed by atoms with Crippen molar-refractivity contribution in [2.24, 2.45) is 0 Å². The number of aryl methyl sites for hydroxylation is 2. The number of fused-ring (bicyclic) bond motifs is 1. The van der Waals surface area contributed by atoms with Crippen LogP contribution in [0.5, 0.6) is 0 Å². The van der Waals surface area contributed by atoms with Crippen LogP contribution in [0.15, 0.2) is 35.3 Å². The monoisotopic (exact) mass is 284 g/mol. The highest BCUT2D eigenvalue weighted by Crippen LogP contribution is 2.18. The van der Waals surface area contributed by atoms with E-state index in [1.54, 1.807) is 37.4 Å². The molecule has 21 heavy (non-hydrogen) atoms. The van der Waals surface area contributed by atoms with Crippen molar-refractivity contribution in [3.63, 3.8) is 0 Å². The molecule has 1 aliphatic carbocycles. The highest BCUT2D eigenvalue weighted by atomic mass is 16.2. The Morgan fingerprint density at radius 1 is 1.38 bits per heavy atom. The number of nitrogens with one attached hydrogen (secondary N) is 1. The molecule has 0 fully saturated rings. The molecule has 1 atom stereocenters. The molecule has 0 saturated heterocycles. The van der Waals surface area contributed by atoms with E-state index in [0.29, 0.717) is 5.82 Å². The maximum absolute atomic E-state index is 12.2. The van der Waals surface area contributed by atoms with E-state index in [0.717, 1.165) is 30.5 Å². The molecule has 0 spiro atoms. The summed E-state index contributed by atoms with van der Waals surface area (Å²) in [5, 5.41) is 7.02. The van der Waals surface area contributed by atoms with Gasteiger partial charge in [-0.25, -0.2) is 9.67 Å². The van der Waals surface area contributed by atoms with E-state index in [-0.39, 0.29) is 11.5 Å². The Bertz CT molecular complexity index is 724. The van der Waals surface area contributed by atoms with E-state index in [2.05, 4.69) is 15.4 Å². The highest BCUT2D eigenvalue weighted by molar-refractivity contribution is 5.92. The van der Waals surface area contributed by atoms with Crippen LogP contribution in [0.25, 0.3) is 0 Å². The van der Waals surface area contributed by atoms with Crippen molar-refractivity contribution in [1.82, 2.24) is 14.8 Å². The Morgan fingerprint density at radius 2 is 2.24 bits per heavy atom. The quantitative estimate of drug-likeness (QED) is 0.922. The normalized spacial score (nSPS) is 14.5. The van der Waals surface area contributed by atoms with Gasteiger partial charge in [0.15, 0.2) is 0 Å². The number of amides is 1. The van der Waals surface area contributed by atoms with E-state index in [9.17, 15) is 9.59 Å². The summed E-state index contributed by atoms with van der Waals surface area (Å²) in [4.78, 5) is 28.3. The molecule has 6 nitrogen and oxygen atoms in total. The number of nitrogens with zero attached hydrogens (tertiary/aromatic N) is 3. The number of aromatic nitrogens is 3. The van der Waals surface area contributed by atoms with Gasteiger partial charge < -0.3 is 5.32 Å². The molecule has 0 saturated carbocycles. The molecule has 3 rings (SSSR count). The van der Waals surface area contributed by atoms with Gasteiger partial charge in [-0.2, -0.15) is 5.10 Å². The minimum absolute atomic E-state index is 0.237. The molecular weight excluding hydrogens is 268 g/mol. The zero-order chi connectivity index (χ0) is 14.8. The smallest absolute Gasteiger partial charge is 0.267 e. The molecule has 2 aromatic rings. The first-order valence-electron chi connectivity index (χ1n) is 6.98. The van der Waals surface area contributed by atoms with Crippen molar-refractivity contribution < 1.29 is 4.79 Å². The number of carbonyl (C=O) groups is 1. The van der Waals surface area contributed by atoms with Gasteiger partial charge in [0.05, 0.1) is 5.69 Å². The first-order valence-corrected chi connectivity index (χ1v) is 6.98. The van der Waals surface area contributed by atoms with Gasteiger partial charge in [0.25, 0.3) is 5.56 Å². The average molecular weight is 284 g/mol. The highest BCUT2D eigenvalue weighted by Gasteiger charge is 2.21. The summed E-state index contributed by atoms with van der Waals surface area (Å²) in [6.45, 7) is 1.66. The lowest BCUT2D eigenvalue weighted by molar-refractivity contribution is -0.119. The fourth-order valence-corrected chi connectivity index (χ4v) is 2.47. The summed E-state index contributed by atoms with van der Waals surface area (Å²) in [5.41, 5.74) is 1.69. The molecule has 0 radical (unpaired) electrons. The van der Waals surface area contributed by atoms with Gasteiger partial charge >= 0.3 is 0 Å². The van der Waals surface area contributed by atoms with Gasteiger partial charge in [0.1, 0.15) is 11.9 Å². The van der Waals surface area contributed by atoms with E-state index >= 15 is 0 Å². The van der Waals surface area contributed by atoms with Crippen LogP contribution in [0.1, 0.15) is 30.6 Å². The molecule has 1 N–H and O–H groups in total. The molecule has 0 aromatic carbocycles. The Kier molecular flexibility index (Phi) is 3.51. The van der Waals surface area contributed by atoms with Gasteiger partial charge in [-0.1, -0.05) is 6.07 Å². The minimum atomic E-state index is -0.676. The Hall–Kier alpha value is -2.50. The third-order valence-corrected chi connectivity index (χ3v) is 3.64. The molecule has 1 amide bonds. The largest absolute Gasteiger partial charge is 0.309 e. The topological polar surface area (TPSA) is 76.9 Å². The SMILES string of the molecule is CC(C(=O)Nc1ccccn1)n1nc2c(cc1=O)CCC2. The van der Waals surface area contributed by atoms with Crippen LogP contribution >= 0.6 is 0 Å². The second-order valence-corrected chi connectivity index (χ2v) is 5.13. The fraction of sp³-hybridized carbons (Fsp3) is 0.333. The maximum Gasteiger partial charge on any atom is 0.267 e. The lowest BCUT2D eigenvalue weighted by atomic mass is 10.2. The van der Waals surface area contributed by atoms with Crippen molar-refractivity contribution >= 4 is 11.7 Å². The molecule has 6 heteroatoms. The van der Waals surface area contributed by atoms with Gasteiger partial charge in [-0.05, 0) is 43.9 Å². The number of carbonyl (C=O) groups excluding carboxylic acids is 1. The molecule has 2 heterocycles. The van der Waals surface area contributed by atoms with Crippen molar-refractivity contribution in [2.45, 2.75) is 32.2 Å². The van der Waals surface area contributed by atoms with Crippen LogP contribution in [0.4, 0.5) is 5.82 Å². The zero-order valence-electron chi connectivity index (χ0n) is 11.7. The summed E-state index contributed by atoms with van der Waals surface area (Å²) in [7, 11) is 0. The molecule has 2 aromatic heterocycles. The van der Waals surface area contributed by atoms with Crippen LogP contribution in [0.2, 0.25) is 0 Å². The Balaban J connectivity index is 1.83. The molecule has 1 unspecified atom stereocenters. The van der Waals surface area contributed by atoms with Crippen LogP contribution in [-0.4, -0.2) is 20.7 Å². The number of pyridine rings is 1. The van der Waals surface area contributed by atoms with E-state index in [4.69, 9.17) is 0 Å². The number of anilines is 1. The van der Waals surface area contributed by atoms with Gasteiger partial charge in [-0.15, -0.1) is 0 Å². The van der Waals surface area contributed by atoms with Gasteiger partial charge in [0.2, 0.25) is 5.91 Å². The predicted molar refractivity (Wildman–Crippen MR) is 78.1 cm³/mol. The van der Waals surface area contributed by atoms with Gasteiger partial charge in [0, 0.05) is 12.3 Å². The van der Waals surface area contributed by atoms with Crippen molar-refractivity contribution in [3.8, 4) is 0 Å². The Morgan fingerprint density at radius 3 is 3.00 bits per heavy atom. The van der Waals surface area contributed by atoms with Crippen molar-refractivity contribution in [3.05, 3.63) is 52.1 Å². The summed E-state index contributed by atoms with van der Waals surface area (Å²) in [6.07, 6.45) is 4.37. The average Bonchev–Trinajstić information content (AvgIpc) is 2.93. The van der Waals surface area contributed by atoms with Crippen molar-refractivity contribution in [1.29, 1.82) is 0 Å². The third-order valence-electron chi connectivity index (χ3n) is 3.64. The van der Waals surface area contributed by atoms with Crippen LogP contribution in [-0.2, 0) is 17.6 Å². The number of hydrogen-bond donors (Lipinski definition) is 1. The first-order chi connectivity index (χ1) is 10.1. The second kappa shape index (κ2) is 5.47. The third kappa shape index (κ3) is 2.69. The summed E-state index contributed by atoms with van der Waals surface area (Å²) < 4.78 is 1.25. The standard InChI is InChI=1S/C15H16N4O2/c1-10(15(21)17-13-7-2-3-8-16-13)19-14(20)9-11-5-4-6-12(11)18-19/h2-3,7-10H,4-6H2,1H3,(H,16,17,21). The summed E-state index contributed by atoms with van der Waals surface area (Å²) >= 11 is 0. The molecule has 108 valence electrons. The Labute approximate surface area is 121 Å². The second-order valence-electron chi connectivity index (χ2n) is 5.13. The van der Waals surface area contributed by atoms with Gasteiger partial charge in [-0.3, -0.25) is 9.59 Å². The molecular formula is C15H16N4O2. The predicted octanol–water partition coefficient (Wildman–Crippen LogP) is 1.33. The lowest BCUT2D eigenvalue weighted by Gasteiger charge is -2.14. The first kappa shape index (κ1) is 13.5. The van der Waals surface area contributed by atoms with Crippen LogP contribution < -0.4 is 10.9 Å². The summed E-state index contributed by atoms with van der Waals surface area (Å²) in [5.74, 6) is 0.157. The number of hydrogen-bond acceptors (Lipinski definition) is 4. The van der Waals surface area contributed by atoms with Crippen LogP contribution in [0.3, 0.4) is 0 Å². The van der Waals surface area contributed by atoms with E-state index in [1.807, 2.05) is 0 Å². The van der Waals surface area contributed by atoms with E-state index in [1.165, 1.54) is 4.68 Å². The number of rotatable bonds is 3. The van der Waals surface area contributed by atoms with Crippen LogP contribution in [0, 0.1) is 0 Å². The van der Waals surface area contributed by atoms with E-state index < -0.39 is 6.04 Å². The molecule has 0 bridgehead atoms. The zero-order valence-corrected chi connectivity index (χ0v) is 11.7. The maximum atomic E-state index is 12.2. The molecule has 1 aliphatic rings.